The van der Waals surface area contributed by atoms with Gasteiger partial charge < -0.3 is 9.88 Å². The first kappa shape index (κ1) is 15.9. The molecular formula is C19H14FN5O. The van der Waals surface area contributed by atoms with Gasteiger partial charge in [-0.15, -0.1) is 10.2 Å². The third-order valence-electron chi connectivity index (χ3n) is 4.04. The Morgan fingerprint density at radius 2 is 2.00 bits per heavy atom. The largest absolute Gasteiger partial charge is 0.321 e. The molecule has 0 aliphatic heterocycles. The van der Waals surface area contributed by atoms with Crippen LogP contribution >= 0.6 is 0 Å². The van der Waals surface area contributed by atoms with Gasteiger partial charge in [-0.2, -0.15) is 0 Å². The summed E-state index contributed by atoms with van der Waals surface area (Å²) in [5.74, 6) is -0.316. The van der Waals surface area contributed by atoms with Crippen molar-refractivity contribution in [2.45, 2.75) is 0 Å². The fourth-order valence-electron chi connectivity index (χ4n) is 2.83. The molecule has 1 N–H and O–H groups in total. The van der Waals surface area contributed by atoms with Gasteiger partial charge in [0, 0.05) is 24.2 Å². The number of benzene rings is 2. The number of aromatic nitrogens is 4. The topological polar surface area (TPSA) is 72.7 Å². The summed E-state index contributed by atoms with van der Waals surface area (Å²) in [4.78, 5) is 17.0. The summed E-state index contributed by atoms with van der Waals surface area (Å²) in [6.45, 7) is 0. The molecule has 0 radical (unpaired) electrons. The van der Waals surface area contributed by atoms with Gasteiger partial charge in [0.05, 0.1) is 16.8 Å². The number of halogens is 1. The van der Waals surface area contributed by atoms with Crippen LogP contribution in [0.2, 0.25) is 0 Å². The fraction of sp³-hybridized carbons (Fsp3) is 0.0526. The molecule has 2 heterocycles. The number of nitrogens with one attached hydrogen (secondary N) is 1. The van der Waals surface area contributed by atoms with Gasteiger partial charge in [-0.05, 0) is 30.3 Å². The minimum absolute atomic E-state index is 0.174. The molecule has 0 aliphatic rings. The molecule has 0 aliphatic carbocycles. The van der Waals surface area contributed by atoms with E-state index in [-0.39, 0.29) is 5.56 Å². The third kappa shape index (κ3) is 2.79. The monoisotopic (exact) mass is 347 g/mol. The number of pyridine rings is 1. The first-order chi connectivity index (χ1) is 12.6. The summed E-state index contributed by atoms with van der Waals surface area (Å²) in [5, 5.41) is 11.4. The number of carbonyl (C=O) groups excluding carboxylic acids is 1. The van der Waals surface area contributed by atoms with E-state index in [9.17, 15) is 9.18 Å². The lowest BCUT2D eigenvalue weighted by molar-refractivity contribution is 0.102. The predicted octanol–water partition coefficient (Wildman–Crippen LogP) is 3.42. The molecule has 128 valence electrons. The van der Waals surface area contributed by atoms with Gasteiger partial charge in [-0.1, -0.05) is 18.2 Å². The lowest BCUT2D eigenvalue weighted by atomic mass is 10.1. The summed E-state index contributed by atoms with van der Waals surface area (Å²) in [5.41, 5.74) is 1.90. The number of fused-ring (bicyclic) bond motifs is 1. The highest BCUT2D eigenvalue weighted by atomic mass is 19.1. The van der Waals surface area contributed by atoms with Crippen molar-refractivity contribution < 1.29 is 9.18 Å². The molecule has 0 spiro atoms. The standard InChI is InChI=1S/C19H14FN5O/c1-25-11-22-24-18(25)14-6-2-3-7-16(14)23-19(26)15-10-13(20)9-12-5-4-8-21-17(12)15/h2-11H,1H3,(H,23,26). The number of carbonyl (C=O) groups is 1. The van der Waals surface area contributed by atoms with Crippen molar-refractivity contribution in [2.75, 3.05) is 5.32 Å². The highest BCUT2D eigenvalue weighted by molar-refractivity contribution is 6.12. The van der Waals surface area contributed by atoms with Crippen LogP contribution in [-0.4, -0.2) is 25.7 Å². The molecule has 0 bridgehead atoms. The minimum atomic E-state index is -0.489. The van der Waals surface area contributed by atoms with Crippen LogP contribution in [0.1, 0.15) is 10.4 Å². The van der Waals surface area contributed by atoms with Crippen LogP contribution in [0, 0.1) is 5.82 Å². The zero-order chi connectivity index (χ0) is 18.1. The maximum Gasteiger partial charge on any atom is 0.258 e. The van der Waals surface area contributed by atoms with Crippen molar-refractivity contribution >= 4 is 22.5 Å². The van der Waals surface area contributed by atoms with E-state index >= 15 is 0 Å². The molecule has 26 heavy (non-hydrogen) atoms. The van der Waals surface area contributed by atoms with Gasteiger partial charge >= 0.3 is 0 Å². The molecule has 0 saturated heterocycles. The Morgan fingerprint density at radius 3 is 2.81 bits per heavy atom. The summed E-state index contributed by atoms with van der Waals surface area (Å²) in [6.07, 6.45) is 3.16. The maximum atomic E-state index is 13.9. The van der Waals surface area contributed by atoms with Crippen LogP contribution in [0.4, 0.5) is 10.1 Å². The number of rotatable bonds is 3. The molecule has 0 unspecified atom stereocenters. The van der Waals surface area contributed by atoms with Crippen LogP contribution in [0.3, 0.4) is 0 Å². The van der Waals surface area contributed by atoms with E-state index in [1.807, 2.05) is 19.2 Å². The smallest absolute Gasteiger partial charge is 0.258 e. The molecule has 7 heteroatoms. The molecule has 4 aromatic rings. The SMILES string of the molecule is Cn1cnnc1-c1ccccc1NC(=O)c1cc(F)cc2cccnc12. The molecule has 4 rings (SSSR count). The molecule has 0 atom stereocenters. The Balaban J connectivity index is 1.76. The second-order valence-electron chi connectivity index (χ2n) is 5.79. The summed E-state index contributed by atoms with van der Waals surface area (Å²) < 4.78 is 15.7. The van der Waals surface area contributed by atoms with E-state index in [0.717, 1.165) is 5.56 Å². The highest BCUT2D eigenvalue weighted by Crippen LogP contribution is 2.27. The number of hydrogen-bond donors (Lipinski definition) is 1. The van der Waals surface area contributed by atoms with E-state index in [0.29, 0.717) is 22.4 Å². The lowest BCUT2D eigenvalue weighted by Gasteiger charge is -2.11. The Kier molecular flexibility index (Phi) is 3.89. The van der Waals surface area contributed by atoms with E-state index < -0.39 is 11.7 Å². The van der Waals surface area contributed by atoms with Crippen molar-refractivity contribution in [1.29, 1.82) is 0 Å². The van der Waals surface area contributed by atoms with Crippen LogP contribution < -0.4 is 5.32 Å². The average Bonchev–Trinajstić information content (AvgIpc) is 3.07. The van der Waals surface area contributed by atoms with Crippen LogP contribution in [0.5, 0.6) is 0 Å². The Hall–Kier alpha value is -3.61. The van der Waals surface area contributed by atoms with Gasteiger partial charge in [-0.25, -0.2) is 4.39 Å². The Morgan fingerprint density at radius 1 is 1.15 bits per heavy atom. The Bertz CT molecular complexity index is 1120. The molecule has 0 fully saturated rings. The molecule has 1 amide bonds. The van der Waals surface area contributed by atoms with Crippen molar-refractivity contribution in [2.24, 2.45) is 7.05 Å². The number of anilines is 1. The van der Waals surface area contributed by atoms with Crippen LogP contribution in [-0.2, 0) is 7.05 Å². The number of hydrogen-bond acceptors (Lipinski definition) is 4. The highest BCUT2D eigenvalue weighted by Gasteiger charge is 2.16. The first-order valence-corrected chi connectivity index (χ1v) is 7.92. The van der Waals surface area contributed by atoms with E-state index in [4.69, 9.17) is 0 Å². The Labute approximate surface area is 148 Å². The van der Waals surface area contributed by atoms with Crippen molar-refractivity contribution in [3.05, 3.63) is 72.4 Å². The fourth-order valence-corrected chi connectivity index (χ4v) is 2.83. The molecular weight excluding hydrogens is 333 g/mol. The quantitative estimate of drug-likeness (QED) is 0.616. The second-order valence-corrected chi connectivity index (χ2v) is 5.79. The third-order valence-corrected chi connectivity index (χ3v) is 4.04. The van der Waals surface area contributed by atoms with Crippen molar-refractivity contribution in [3.8, 4) is 11.4 Å². The van der Waals surface area contributed by atoms with Gasteiger partial charge in [0.2, 0.25) is 0 Å². The predicted molar refractivity (Wildman–Crippen MR) is 96.1 cm³/mol. The van der Waals surface area contributed by atoms with Gasteiger partial charge in [0.1, 0.15) is 12.1 Å². The zero-order valence-electron chi connectivity index (χ0n) is 13.8. The van der Waals surface area contributed by atoms with Gasteiger partial charge in [-0.3, -0.25) is 9.78 Å². The van der Waals surface area contributed by atoms with Crippen molar-refractivity contribution in [1.82, 2.24) is 19.7 Å². The normalized spacial score (nSPS) is 10.8. The van der Waals surface area contributed by atoms with E-state index in [1.54, 1.807) is 41.4 Å². The van der Waals surface area contributed by atoms with Gasteiger partial charge in [0.15, 0.2) is 5.82 Å². The first-order valence-electron chi connectivity index (χ1n) is 7.92. The van der Waals surface area contributed by atoms with E-state index in [1.165, 1.54) is 12.1 Å². The van der Waals surface area contributed by atoms with Crippen molar-refractivity contribution in [3.63, 3.8) is 0 Å². The molecule has 0 saturated carbocycles. The summed E-state index contributed by atoms with van der Waals surface area (Å²) >= 11 is 0. The zero-order valence-corrected chi connectivity index (χ0v) is 13.8. The van der Waals surface area contributed by atoms with E-state index in [2.05, 4.69) is 20.5 Å². The minimum Gasteiger partial charge on any atom is -0.321 e. The molecule has 2 aromatic carbocycles. The lowest BCUT2D eigenvalue weighted by Crippen LogP contribution is -2.14. The number of aryl methyl sites for hydroxylation is 1. The average molecular weight is 347 g/mol. The molecule has 2 aromatic heterocycles. The summed E-state index contributed by atoms with van der Waals surface area (Å²) in [6, 6.07) is 13.2. The van der Waals surface area contributed by atoms with Gasteiger partial charge in [0.25, 0.3) is 5.91 Å². The second kappa shape index (κ2) is 6.36. The maximum absolute atomic E-state index is 13.9. The summed E-state index contributed by atoms with van der Waals surface area (Å²) in [7, 11) is 1.82. The number of amides is 1. The van der Waals surface area contributed by atoms with Crippen LogP contribution in [0.25, 0.3) is 22.3 Å². The number of nitrogens with zero attached hydrogens (tertiary/aromatic N) is 4. The molecule has 6 nitrogen and oxygen atoms in total. The number of para-hydroxylation sites is 1. The van der Waals surface area contributed by atoms with Crippen LogP contribution in [0.15, 0.2) is 61.1 Å².